The molecule has 180 valence electrons. The van der Waals surface area contributed by atoms with Crippen molar-refractivity contribution in [1.82, 2.24) is 25.9 Å². The van der Waals surface area contributed by atoms with Crippen LogP contribution in [-0.4, -0.2) is 68.4 Å². The lowest BCUT2D eigenvalue weighted by atomic mass is 9.82. The highest BCUT2D eigenvalue weighted by Gasteiger charge is 2.21. The van der Waals surface area contributed by atoms with Crippen molar-refractivity contribution in [3.8, 4) is 0 Å². The lowest BCUT2D eigenvalue weighted by molar-refractivity contribution is 0.275. The van der Waals surface area contributed by atoms with Gasteiger partial charge in [-0.3, -0.25) is 0 Å². The summed E-state index contributed by atoms with van der Waals surface area (Å²) in [7, 11) is 0. The molecule has 1 aliphatic heterocycles. The summed E-state index contributed by atoms with van der Waals surface area (Å²) in [5.74, 6) is 3.69. The third-order valence-corrected chi connectivity index (χ3v) is 7.44. The summed E-state index contributed by atoms with van der Waals surface area (Å²) in [6, 6.07) is 2.68. The van der Waals surface area contributed by atoms with Gasteiger partial charge in [-0.1, -0.05) is 12.8 Å². The van der Waals surface area contributed by atoms with Crippen molar-refractivity contribution in [2.75, 3.05) is 68.3 Å². The number of nitrogen functional groups attached to an aromatic ring is 1. The van der Waals surface area contributed by atoms with Gasteiger partial charge in [-0.2, -0.15) is 9.97 Å². The summed E-state index contributed by atoms with van der Waals surface area (Å²) in [5, 5.41) is 14.3. The van der Waals surface area contributed by atoms with Crippen molar-refractivity contribution in [3.05, 3.63) is 6.07 Å². The van der Waals surface area contributed by atoms with Gasteiger partial charge in [-0.15, -0.1) is 0 Å². The maximum atomic E-state index is 6.06. The molecular formula is C24H44N8. The SMILES string of the molecule is Nc1cc(N2CCNCC2)nc(NCC2CCC(CNCCCNC3CCCC3)CC2)n1. The predicted molar refractivity (Wildman–Crippen MR) is 133 cm³/mol. The molecule has 0 radical (unpaired) electrons. The second kappa shape index (κ2) is 12.6. The van der Waals surface area contributed by atoms with E-state index in [2.05, 4.69) is 31.2 Å². The maximum Gasteiger partial charge on any atom is 0.226 e. The van der Waals surface area contributed by atoms with Crippen molar-refractivity contribution in [2.45, 2.75) is 63.8 Å². The molecule has 8 heteroatoms. The third kappa shape index (κ3) is 7.46. The van der Waals surface area contributed by atoms with Crippen LogP contribution in [0.4, 0.5) is 17.6 Å². The van der Waals surface area contributed by atoms with Gasteiger partial charge < -0.3 is 31.9 Å². The number of anilines is 3. The van der Waals surface area contributed by atoms with Gasteiger partial charge in [0.15, 0.2) is 0 Å². The molecule has 4 rings (SSSR count). The van der Waals surface area contributed by atoms with E-state index in [0.717, 1.165) is 57.0 Å². The van der Waals surface area contributed by atoms with Crippen molar-refractivity contribution >= 4 is 17.6 Å². The first kappa shape index (κ1) is 23.5. The van der Waals surface area contributed by atoms with Crippen LogP contribution in [0.25, 0.3) is 0 Å². The number of rotatable bonds is 11. The Labute approximate surface area is 193 Å². The van der Waals surface area contributed by atoms with Crippen LogP contribution in [0.1, 0.15) is 57.8 Å². The quantitative estimate of drug-likeness (QED) is 0.331. The summed E-state index contributed by atoms with van der Waals surface area (Å²) >= 11 is 0. The largest absolute Gasteiger partial charge is 0.383 e. The smallest absolute Gasteiger partial charge is 0.226 e. The van der Waals surface area contributed by atoms with Crippen LogP contribution in [0.2, 0.25) is 0 Å². The van der Waals surface area contributed by atoms with E-state index in [1.54, 1.807) is 0 Å². The Hall–Kier alpha value is -1.64. The van der Waals surface area contributed by atoms with E-state index in [9.17, 15) is 0 Å². The fraction of sp³-hybridized carbons (Fsp3) is 0.833. The zero-order chi connectivity index (χ0) is 22.0. The second-order valence-electron chi connectivity index (χ2n) is 9.97. The summed E-state index contributed by atoms with van der Waals surface area (Å²) < 4.78 is 0. The van der Waals surface area contributed by atoms with Gasteiger partial charge >= 0.3 is 0 Å². The molecule has 2 saturated carbocycles. The van der Waals surface area contributed by atoms with Crippen LogP contribution >= 0.6 is 0 Å². The van der Waals surface area contributed by atoms with E-state index < -0.39 is 0 Å². The molecule has 1 aromatic heterocycles. The van der Waals surface area contributed by atoms with Crippen LogP contribution in [0, 0.1) is 11.8 Å². The first-order chi connectivity index (χ1) is 15.8. The number of aromatic nitrogens is 2. The summed E-state index contributed by atoms with van der Waals surface area (Å²) in [6.45, 7) is 8.33. The molecule has 6 N–H and O–H groups in total. The van der Waals surface area contributed by atoms with Gasteiger partial charge in [0, 0.05) is 44.8 Å². The maximum absolute atomic E-state index is 6.06. The fourth-order valence-electron chi connectivity index (χ4n) is 5.42. The Balaban J connectivity index is 1.09. The molecule has 8 nitrogen and oxygen atoms in total. The molecule has 2 heterocycles. The van der Waals surface area contributed by atoms with Crippen LogP contribution < -0.4 is 31.9 Å². The van der Waals surface area contributed by atoms with E-state index in [-0.39, 0.29) is 0 Å². The summed E-state index contributed by atoms with van der Waals surface area (Å²) in [5.41, 5.74) is 6.06. The highest BCUT2D eigenvalue weighted by molar-refractivity contribution is 5.51. The predicted octanol–water partition coefficient (Wildman–Crippen LogP) is 2.20. The molecule has 0 amide bonds. The minimum Gasteiger partial charge on any atom is -0.383 e. The van der Waals surface area contributed by atoms with Gasteiger partial charge in [0.2, 0.25) is 5.95 Å². The van der Waals surface area contributed by atoms with Crippen LogP contribution in [0.15, 0.2) is 6.07 Å². The molecule has 0 spiro atoms. The first-order valence-electron chi connectivity index (χ1n) is 13.0. The zero-order valence-corrected chi connectivity index (χ0v) is 19.7. The van der Waals surface area contributed by atoms with Gasteiger partial charge in [0.1, 0.15) is 11.6 Å². The lowest BCUT2D eigenvalue weighted by Gasteiger charge is -2.30. The number of nitrogens with two attached hydrogens (primary N) is 1. The molecule has 3 aliphatic rings. The zero-order valence-electron chi connectivity index (χ0n) is 19.7. The first-order valence-corrected chi connectivity index (χ1v) is 13.0. The number of piperazine rings is 1. The van der Waals surface area contributed by atoms with Gasteiger partial charge in [-0.25, -0.2) is 0 Å². The number of hydrogen-bond acceptors (Lipinski definition) is 8. The molecule has 1 saturated heterocycles. The van der Waals surface area contributed by atoms with Crippen LogP contribution in [-0.2, 0) is 0 Å². The fourth-order valence-corrected chi connectivity index (χ4v) is 5.42. The number of nitrogens with one attached hydrogen (secondary N) is 4. The Bertz CT molecular complexity index is 664. The topological polar surface area (TPSA) is 103 Å². The second-order valence-corrected chi connectivity index (χ2v) is 9.97. The Morgan fingerprint density at radius 1 is 0.938 bits per heavy atom. The molecule has 0 aromatic carbocycles. The molecule has 3 fully saturated rings. The minimum atomic E-state index is 0.546. The minimum absolute atomic E-state index is 0.546. The Morgan fingerprint density at radius 3 is 2.41 bits per heavy atom. The lowest BCUT2D eigenvalue weighted by Crippen LogP contribution is -2.44. The van der Waals surface area contributed by atoms with Gasteiger partial charge in [0.25, 0.3) is 0 Å². The average molecular weight is 445 g/mol. The highest BCUT2D eigenvalue weighted by Crippen LogP contribution is 2.28. The molecule has 0 unspecified atom stereocenters. The van der Waals surface area contributed by atoms with E-state index >= 15 is 0 Å². The monoisotopic (exact) mass is 444 g/mol. The van der Waals surface area contributed by atoms with Crippen LogP contribution in [0.3, 0.4) is 0 Å². The highest BCUT2D eigenvalue weighted by atomic mass is 15.3. The normalized spacial score (nSPS) is 24.7. The van der Waals surface area contributed by atoms with Crippen LogP contribution in [0.5, 0.6) is 0 Å². The Morgan fingerprint density at radius 2 is 1.66 bits per heavy atom. The molecule has 0 bridgehead atoms. The molecule has 32 heavy (non-hydrogen) atoms. The van der Waals surface area contributed by atoms with Crippen molar-refractivity contribution in [2.24, 2.45) is 11.8 Å². The van der Waals surface area contributed by atoms with Gasteiger partial charge in [0.05, 0.1) is 0 Å². The molecule has 0 atom stereocenters. The van der Waals surface area contributed by atoms with E-state index in [4.69, 9.17) is 10.7 Å². The van der Waals surface area contributed by atoms with Crippen molar-refractivity contribution < 1.29 is 0 Å². The third-order valence-electron chi connectivity index (χ3n) is 7.44. The van der Waals surface area contributed by atoms with Crippen molar-refractivity contribution in [1.29, 1.82) is 0 Å². The van der Waals surface area contributed by atoms with E-state index in [0.29, 0.717) is 17.7 Å². The van der Waals surface area contributed by atoms with E-state index in [1.807, 2.05) is 6.07 Å². The van der Waals surface area contributed by atoms with Gasteiger partial charge in [-0.05, 0) is 76.4 Å². The Kier molecular flexibility index (Phi) is 9.23. The standard InChI is InChI=1S/C24H44N8/c25-22-16-23(32-14-12-26-13-15-32)31-24(30-22)29-18-20-8-6-19(7-9-20)17-27-10-3-11-28-21-4-1-2-5-21/h16,19-21,26-28H,1-15,17-18H2,(H3,25,29,30,31). The van der Waals surface area contributed by atoms with Crippen molar-refractivity contribution in [3.63, 3.8) is 0 Å². The average Bonchev–Trinajstić information content (AvgIpc) is 3.34. The number of nitrogens with zero attached hydrogens (tertiary/aromatic N) is 3. The van der Waals surface area contributed by atoms with E-state index in [1.165, 1.54) is 70.9 Å². The summed E-state index contributed by atoms with van der Waals surface area (Å²) in [6.07, 6.45) is 12.1. The number of hydrogen-bond donors (Lipinski definition) is 5. The molecule has 1 aromatic rings. The molecule has 2 aliphatic carbocycles. The summed E-state index contributed by atoms with van der Waals surface area (Å²) in [4.78, 5) is 11.4. The molecular weight excluding hydrogens is 400 g/mol.